The van der Waals surface area contributed by atoms with Crippen molar-refractivity contribution in [1.82, 2.24) is 5.32 Å². The van der Waals surface area contributed by atoms with Crippen molar-refractivity contribution in [3.63, 3.8) is 0 Å². The van der Waals surface area contributed by atoms with Crippen LogP contribution in [0.4, 0.5) is 0 Å². The summed E-state index contributed by atoms with van der Waals surface area (Å²) in [5.74, 6) is 0.310. The molecule has 0 aliphatic carbocycles. The second-order valence-corrected chi connectivity index (χ2v) is 5.67. The van der Waals surface area contributed by atoms with E-state index in [2.05, 4.69) is 5.32 Å². The number of carbonyl (C=O) groups excluding carboxylic acids is 2. The van der Waals surface area contributed by atoms with Gasteiger partial charge in [0, 0.05) is 6.54 Å². The van der Waals surface area contributed by atoms with Gasteiger partial charge in [-0.25, -0.2) is 0 Å². The van der Waals surface area contributed by atoms with Crippen molar-refractivity contribution >= 4 is 11.9 Å². The van der Waals surface area contributed by atoms with E-state index in [9.17, 15) is 9.59 Å². The molecule has 0 aromatic heterocycles. The van der Waals surface area contributed by atoms with Crippen molar-refractivity contribution in [3.8, 4) is 11.5 Å². The molecule has 1 amide bonds. The summed E-state index contributed by atoms with van der Waals surface area (Å²) in [4.78, 5) is 23.4. The summed E-state index contributed by atoms with van der Waals surface area (Å²) in [7, 11) is 1.55. The van der Waals surface area contributed by atoms with Gasteiger partial charge < -0.3 is 19.5 Å². The number of rotatable bonds is 9. The Hall–Kier alpha value is -3.02. The summed E-state index contributed by atoms with van der Waals surface area (Å²) < 4.78 is 15.6. The Balaban J connectivity index is 1.63. The lowest BCUT2D eigenvalue weighted by Crippen LogP contribution is -2.28. The molecule has 1 N–H and O–H groups in total. The number of amides is 1. The number of carbonyl (C=O) groups is 2. The van der Waals surface area contributed by atoms with Gasteiger partial charge in [-0.05, 0) is 24.6 Å². The molecule has 2 aromatic rings. The molecular weight excluding hydrogens is 334 g/mol. The quantitative estimate of drug-likeness (QED) is 0.699. The zero-order valence-electron chi connectivity index (χ0n) is 15.0. The number of para-hydroxylation sites is 2. The van der Waals surface area contributed by atoms with Gasteiger partial charge in [0.1, 0.15) is 0 Å². The fraction of sp³-hybridized carbons (Fsp3) is 0.300. The van der Waals surface area contributed by atoms with E-state index in [0.29, 0.717) is 18.0 Å². The summed E-state index contributed by atoms with van der Waals surface area (Å²) in [6, 6.07) is 15.0. The van der Waals surface area contributed by atoms with Gasteiger partial charge in [0.2, 0.25) is 0 Å². The molecule has 6 nitrogen and oxygen atoms in total. The highest BCUT2D eigenvalue weighted by atomic mass is 16.5. The molecular formula is C20H23NO5. The Labute approximate surface area is 153 Å². The Morgan fingerprint density at radius 1 is 1.00 bits per heavy atom. The lowest BCUT2D eigenvalue weighted by Gasteiger charge is -2.10. The first-order valence-corrected chi connectivity index (χ1v) is 8.32. The third-order valence-corrected chi connectivity index (χ3v) is 3.61. The zero-order chi connectivity index (χ0) is 18.8. The third-order valence-electron chi connectivity index (χ3n) is 3.61. The zero-order valence-corrected chi connectivity index (χ0v) is 15.0. The molecule has 6 heteroatoms. The van der Waals surface area contributed by atoms with E-state index >= 15 is 0 Å². The average molecular weight is 357 g/mol. The lowest BCUT2D eigenvalue weighted by molar-refractivity contribution is -0.149. The molecule has 2 rings (SSSR count). The molecule has 0 unspecified atom stereocenters. The molecule has 0 aliphatic heterocycles. The Bertz CT molecular complexity index is 727. The van der Waals surface area contributed by atoms with Gasteiger partial charge in [-0.2, -0.15) is 0 Å². The molecule has 0 spiro atoms. The molecule has 26 heavy (non-hydrogen) atoms. The van der Waals surface area contributed by atoms with Gasteiger partial charge >= 0.3 is 5.97 Å². The number of esters is 1. The summed E-state index contributed by atoms with van der Waals surface area (Å²) in [6.07, 6.45) is 0.0449. The minimum Gasteiger partial charge on any atom is -0.493 e. The SMILES string of the molecule is COc1ccccc1OCCC(=O)OCC(=O)NCc1ccc(C)cc1. The molecule has 0 radical (unpaired) electrons. The summed E-state index contributed by atoms with van der Waals surface area (Å²) in [5, 5.41) is 2.71. The highest BCUT2D eigenvalue weighted by molar-refractivity contribution is 5.80. The molecule has 0 saturated carbocycles. The fourth-order valence-electron chi connectivity index (χ4n) is 2.16. The number of aryl methyl sites for hydroxylation is 1. The van der Waals surface area contributed by atoms with Crippen LogP contribution in [0.5, 0.6) is 11.5 Å². The van der Waals surface area contributed by atoms with E-state index in [1.54, 1.807) is 19.2 Å². The highest BCUT2D eigenvalue weighted by Crippen LogP contribution is 2.25. The highest BCUT2D eigenvalue weighted by Gasteiger charge is 2.09. The van der Waals surface area contributed by atoms with Crippen LogP contribution >= 0.6 is 0 Å². The lowest BCUT2D eigenvalue weighted by atomic mass is 10.1. The van der Waals surface area contributed by atoms with Crippen LogP contribution in [0, 0.1) is 6.92 Å². The van der Waals surface area contributed by atoms with Crippen LogP contribution in [-0.2, 0) is 20.9 Å². The maximum absolute atomic E-state index is 11.7. The average Bonchev–Trinajstić information content (AvgIpc) is 2.66. The van der Waals surface area contributed by atoms with Gasteiger partial charge in [0.05, 0.1) is 20.1 Å². The second-order valence-electron chi connectivity index (χ2n) is 5.67. The summed E-state index contributed by atoms with van der Waals surface area (Å²) in [5.41, 5.74) is 2.14. The third kappa shape index (κ3) is 6.47. The normalized spacial score (nSPS) is 10.1. The van der Waals surface area contributed by atoms with E-state index in [0.717, 1.165) is 11.1 Å². The number of hydrogen-bond donors (Lipinski definition) is 1. The van der Waals surface area contributed by atoms with Crippen LogP contribution in [0.1, 0.15) is 17.5 Å². The first-order chi connectivity index (χ1) is 12.6. The standard InChI is InChI=1S/C20H23NO5/c1-15-7-9-16(10-8-15)13-21-19(22)14-26-20(23)11-12-25-18-6-4-3-5-17(18)24-2/h3-10H,11-14H2,1-2H3,(H,21,22). The predicted octanol–water partition coefficient (Wildman–Crippen LogP) is 2.63. The smallest absolute Gasteiger partial charge is 0.309 e. The number of nitrogens with one attached hydrogen (secondary N) is 1. The summed E-state index contributed by atoms with van der Waals surface area (Å²) >= 11 is 0. The largest absolute Gasteiger partial charge is 0.493 e. The van der Waals surface area contributed by atoms with Crippen LogP contribution in [0.2, 0.25) is 0 Å². The number of ether oxygens (including phenoxy) is 3. The van der Waals surface area contributed by atoms with E-state index in [-0.39, 0.29) is 25.5 Å². The number of benzene rings is 2. The van der Waals surface area contributed by atoms with Crippen molar-refractivity contribution in [3.05, 3.63) is 59.7 Å². The van der Waals surface area contributed by atoms with Crippen LogP contribution in [0.3, 0.4) is 0 Å². The van der Waals surface area contributed by atoms with Gasteiger partial charge in [-0.15, -0.1) is 0 Å². The van der Waals surface area contributed by atoms with Crippen LogP contribution < -0.4 is 14.8 Å². The molecule has 0 fully saturated rings. The maximum Gasteiger partial charge on any atom is 0.309 e. The number of methoxy groups -OCH3 is 1. The minimum absolute atomic E-state index is 0.0449. The van der Waals surface area contributed by atoms with Gasteiger partial charge in [-0.3, -0.25) is 9.59 Å². The van der Waals surface area contributed by atoms with E-state index in [1.807, 2.05) is 43.3 Å². The molecule has 0 atom stereocenters. The maximum atomic E-state index is 11.7. The molecule has 2 aromatic carbocycles. The molecule has 0 bridgehead atoms. The van der Waals surface area contributed by atoms with Gasteiger partial charge in [0.25, 0.3) is 5.91 Å². The predicted molar refractivity (Wildman–Crippen MR) is 97.1 cm³/mol. The van der Waals surface area contributed by atoms with Crippen molar-refractivity contribution in [2.45, 2.75) is 19.9 Å². The number of hydrogen-bond acceptors (Lipinski definition) is 5. The van der Waals surface area contributed by atoms with Crippen molar-refractivity contribution in [1.29, 1.82) is 0 Å². The Morgan fingerprint density at radius 3 is 2.38 bits per heavy atom. The van der Waals surface area contributed by atoms with E-state index in [4.69, 9.17) is 14.2 Å². The monoisotopic (exact) mass is 357 g/mol. The Morgan fingerprint density at radius 2 is 1.69 bits per heavy atom. The van der Waals surface area contributed by atoms with Crippen molar-refractivity contribution in [2.24, 2.45) is 0 Å². The minimum atomic E-state index is -0.495. The van der Waals surface area contributed by atoms with E-state index in [1.165, 1.54) is 0 Å². The first kappa shape index (κ1) is 19.3. The van der Waals surface area contributed by atoms with Gasteiger partial charge in [0.15, 0.2) is 18.1 Å². The van der Waals surface area contributed by atoms with Crippen molar-refractivity contribution in [2.75, 3.05) is 20.3 Å². The van der Waals surface area contributed by atoms with Crippen LogP contribution in [-0.4, -0.2) is 32.2 Å². The second kappa shape index (κ2) is 10.1. The Kier molecular flexibility index (Phi) is 7.49. The van der Waals surface area contributed by atoms with Crippen LogP contribution in [0.15, 0.2) is 48.5 Å². The first-order valence-electron chi connectivity index (χ1n) is 8.32. The topological polar surface area (TPSA) is 73.9 Å². The molecule has 0 saturated heterocycles. The van der Waals surface area contributed by atoms with Gasteiger partial charge in [-0.1, -0.05) is 42.0 Å². The molecule has 138 valence electrons. The van der Waals surface area contributed by atoms with E-state index < -0.39 is 5.97 Å². The van der Waals surface area contributed by atoms with Crippen molar-refractivity contribution < 1.29 is 23.8 Å². The molecule has 0 aliphatic rings. The molecule has 0 heterocycles. The van der Waals surface area contributed by atoms with Crippen LogP contribution in [0.25, 0.3) is 0 Å². The summed E-state index contributed by atoms with van der Waals surface area (Å²) in [6.45, 7) is 2.23. The fourth-order valence-corrected chi connectivity index (χ4v) is 2.16.